The highest BCUT2D eigenvalue weighted by atomic mass is 35.5. The van der Waals surface area contributed by atoms with Crippen LogP contribution in [0.5, 0.6) is 0 Å². The quantitative estimate of drug-likeness (QED) is 0.533. The number of halogens is 1. The Balaban J connectivity index is 1.88. The van der Waals surface area contributed by atoms with E-state index < -0.39 is 24.0 Å². The number of aromatic nitrogens is 4. The highest BCUT2D eigenvalue weighted by Crippen LogP contribution is 2.12. The molecular weight excluding hydrogens is 376 g/mol. The van der Waals surface area contributed by atoms with E-state index in [4.69, 9.17) is 16.3 Å². The van der Waals surface area contributed by atoms with Crippen molar-refractivity contribution in [1.82, 2.24) is 31.0 Å². The van der Waals surface area contributed by atoms with Crippen molar-refractivity contribution >= 4 is 23.4 Å². The maximum absolute atomic E-state index is 12.2. The third-order valence-electron chi connectivity index (χ3n) is 3.52. The number of carbonyl (C=O) groups is 2. The summed E-state index contributed by atoms with van der Waals surface area (Å²) >= 11 is 5.90. The summed E-state index contributed by atoms with van der Waals surface area (Å²) in [6.07, 6.45) is 3.43. The van der Waals surface area contributed by atoms with Crippen molar-refractivity contribution in [3.05, 3.63) is 47.0 Å². The number of hydrogen-bond donors (Lipinski definition) is 3. The summed E-state index contributed by atoms with van der Waals surface area (Å²) in [6, 6.07) is 1.50. The van der Waals surface area contributed by atoms with E-state index >= 15 is 0 Å². The zero-order valence-electron chi connectivity index (χ0n) is 14.5. The van der Waals surface area contributed by atoms with Crippen molar-refractivity contribution < 1.29 is 19.4 Å². The molecule has 2 heterocycles. The number of aliphatic hydroxyl groups is 1. The molecule has 3 N–H and O–H groups in total. The van der Waals surface area contributed by atoms with Gasteiger partial charge in [0.15, 0.2) is 0 Å². The van der Waals surface area contributed by atoms with Gasteiger partial charge < -0.3 is 20.5 Å². The average Bonchev–Trinajstić information content (AvgIpc) is 2.69. The van der Waals surface area contributed by atoms with E-state index in [0.717, 1.165) is 0 Å². The molecule has 2 rings (SSSR count). The molecule has 10 nitrogen and oxygen atoms in total. The highest BCUT2D eigenvalue weighted by Gasteiger charge is 2.22. The van der Waals surface area contributed by atoms with Crippen LogP contribution < -0.4 is 10.6 Å². The number of amides is 2. The summed E-state index contributed by atoms with van der Waals surface area (Å²) in [5.74, 6) is -0.878. The number of hydrogen-bond acceptors (Lipinski definition) is 8. The van der Waals surface area contributed by atoms with Crippen molar-refractivity contribution in [3.8, 4) is 0 Å². The molecule has 144 valence electrons. The number of carbonyl (C=O) groups excluding carboxylic acids is 2. The standard InChI is InChI=1S/C16H19ClN6O4/c1-2-27-14(9-19-16(26)11-6-22-23-7-12(11)17)13(24)8-18-15(25)10-3-4-20-21-5-10/h3-7,13-14,24H,2,8-9H2,1H3,(H,18,25)(H,19,26)/t13-,14+/m0/s1. The predicted molar refractivity (Wildman–Crippen MR) is 95.2 cm³/mol. The van der Waals surface area contributed by atoms with Gasteiger partial charge in [0.05, 0.1) is 47.0 Å². The van der Waals surface area contributed by atoms with Crippen LogP contribution in [0.3, 0.4) is 0 Å². The second-order valence-corrected chi connectivity index (χ2v) is 5.77. The number of nitrogens with zero attached hydrogens (tertiary/aromatic N) is 4. The fourth-order valence-corrected chi connectivity index (χ4v) is 2.32. The van der Waals surface area contributed by atoms with Crippen LogP contribution in [-0.4, -0.2) is 69.2 Å². The summed E-state index contributed by atoms with van der Waals surface area (Å²) in [5, 5.41) is 30.1. The molecule has 0 bridgehead atoms. The van der Waals surface area contributed by atoms with E-state index in [1.165, 1.54) is 30.9 Å². The first-order valence-electron chi connectivity index (χ1n) is 8.11. The third kappa shape index (κ3) is 6.20. The Morgan fingerprint density at radius 3 is 2.48 bits per heavy atom. The lowest BCUT2D eigenvalue weighted by atomic mass is 10.1. The van der Waals surface area contributed by atoms with Gasteiger partial charge in [0.2, 0.25) is 0 Å². The summed E-state index contributed by atoms with van der Waals surface area (Å²) < 4.78 is 5.46. The van der Waals surface area contributed by atoms with E-state index in [9.17, 15) is 14.7 Å². The minimum absolute atomic E-state index is 0.0131. The molecule has 0 aromatic carbocycles. The lowest BCUT2D eigenvalue weighted by Gasteiger charge is -2.23. The lowest BCUT2D eigenvalue weighted by Crippen LogP contribution is -2.46. The topological polar surface area (TPSA) is 139 Å². The number of nitrogens with one attached hydrogen (secondary N) is 2. The van der Waals surface area contributed by atoms with Crippen LogP contribution in [-0.2, 0) is 4.74 Å². The molecule has 11 heteroatoms. The number of rotatable bonds is 9. The summed E-state index contributed by atoms with van der Waals surface area (Å²) in [4.78, 5) is 24.2. The van der Waals surface area contributed by atoms with Gasteiger partial charge in [-0.25, -0.2) is 0 Å². The molecule has 0 aliphatic carbocycles. The van der Waals surface area contributed by atoms with Gasteiger partial charge in [0, 0.05) is 19.7 Å². The smallest absolute Gasteiger partial charge is 0.254 e. The second kappa shape index (κ2) is 10.5. The molecule has 2 amide bonds. The molecule has 27 heavy (non-hydrogen) atoms. The maximum Gasteiger partial charge on any atom is 0.254 e. The van der Waals surface area contributed by atoms with Gasteiger partial charge in [-0.3, -0.25) is 9.59 Å². The van der Waals surface area contributed by atoms with E-state index in [0.29, 0.717) is 12.2 Å². The first-order valence-corrected chi connectivity index (χ1v) is 8.49. The van der Waals surface area contributed by atoms with Gasteiger partial charge in [0.1, 0.15) is 6.10 Å². The maximum atomic E-state index is 12.2. The normalized spacial score (nSPS) is 12.9. The van der Waals surface area contributed by atoms with E-state index in [2.05, 4.69) is 31.0 Å². The molecule has 0 fully saturated rings. The Hall–Kier alpha value is -2.69. The Morgan fingerprint density at radius 2 is 1.81 bits per heavy atom. The largest absolute Gasteiger partial charge is 0.388 e. The fourth-order valence-electron chi connectivity index (χ4n) is 2.14. The van der Waals surface area contributed by atoms with Gasteiger partial charge in [-0.15, -0.1) is 0 Å². The molecule has 2 aromatic rings. The third-order valence-corrected chi connectivity index (χ3v) is 3.82. The van der Waals surface area contributed by atoms with E-state index in [-0.39, 0.29) is 23.7 Å². The summed E-state index contributed by atoms with van der Waals surface area (Å²) in [7, 11) is 0. The first kappa shape index (κ1) is 20.6. The molecular formula is C16H19ClN6O4. The van der Waals surface area contributed by atoms with Gasteiger partial charge >= 0.3 is 0 Å². The Bertz CT molecular complexity index is 764. The minimum atomic E-state index is -1.05. The molecule has 0 aliphatic heterocycles. The predicted octanol–water partition coefficient (Wildman–Crippen LogP) is -0.154. The Labute approximate surface area is 160 Å². The van der Waals surface area contributed by atoms with Crippen LogP contribution in [0.1, 0.15) is 27.6 Å². The van der Waals surface area contributed by atoms with Crippen molar-refractivity contribution in [2.45, 2.75) is 19.1 Å². The van der Waals surface area contributed by atoms with Gasteiger partial charge in [0.25, 0.3) is 11.8 Å². The van der Waals surface area contributed by atoms with Crippen LogP contribution in [0.2, 0.25) is 5.02 Å². The molecule has 0 saturated heterocycles. The first-order chi connectivity index (χ1) is 13.0. The number of aliphatic hydroxyl groups excluding tert-OH is 1. The molecule has 2 atom stereocenters. The zero-order valence-corrected chi connectivity index (χ0v) is 15.3. The van der Waals surface area contributed by atoms with Crippen LogP contribution in [0.25, 0.3) is 0 Å². The summed E-state index contributed by atoms with van der Waals surface area (Å²) in [5.41, 5.74) is 0.480. The van der Waals surface area contributed by atoms with Gasteiger partial charge in [-0.1, -0.05) is 11.6 Å². The SMILES string of the molecule is CCO[C@H](CNC(=O)c1cnncc1Cl)[C@@H](O)CNC(=O)c1ccnnc1. The molecule has 0 saturated carbocycles. The van der Waals surface area contributed by atoms with Crippen molar-refractivity contribution in [1.29, 1.82) is 0 Å². The zero-order chi connectivity index (χ0) is 19.6. The van der Waals surface area contributed by atoms with E-state index in [1.54, 1.807) is 6.92 Å². The van der Waals surface area contributed by atoms with Crippen LogP contribution in [0.15, 0.2) is 30.9 Å². The Kier molecular flexibility index (Phi) is 7.99. The number of ether oxygens (including phenoxy) is 1. The second-order valence-electron chi connectivity index (χ2n) is 5.36. The Morgan fingerprint density at radius 1 is 1.11 bits per heavy atom. The van der Waals surface area contributed by atoms with Crippen molar-refractivity contribution in [2.75, 3.05) is 19.7 Å². The molecule has 2 aromatic heterocycles. The lowest BCUT2D eigenvalue weighted by molar-refractivity contribution is -0.0287. The molecule has 0 aliphatic rings. The van der Waals surface area contributed by atoms with Gasteiger partial charge in [-0.05, 0) is 13.0 Å². The van der Waals surface area contributed by atoms with Crippen LogP contribution in [0.4, 0.5) is 0 Å². The average molecular weight is 395 g/mol. The van der Waals surface area contributed by atoms with Crippen molar-refractivity contribution in [3.63, 3.8) is 0 Å². The van der Waals surface area contributed by atoms with Crippen LogP contribution in [0, 0.1) is 0 Å². The highest BCUT2D eigenvalue weighted by molar-refractivity contribution is 6.33. The van der Waals surface area contributed by atoms with E-state index in [1.807, 2.05) is 0 Å². The molecule has 0 spiro atoms. The molecule has 0 radical (unpaired) electrons. The fraction of sp³-hybridized carbons (Fsp3) is 0.375. The summed E-state index contributed by atoms with van der Waals surface area (Å²) in [6.45, 7) is 2.02. The van der Waals surface area contributed by atoms with Crippen LogP contribution >= 0.6 is 11.6 Å². The van der Waals surface area contributed by atoms with Crippen molar-refractivity contribution in [2.24, 2.45) is 0 Å². The monoisotopic (exact) mass is 394 g/mol. The minimum Gasteiger partial charge on any atom is -0.388 e. The van der Waals surface area contributed by atoms with Gasteiger partial charge in [-0.2, -0.15) is 20.4 Å². The molecule has 0 unspecified atom stereocenters.